The Morgan fingerprint density at radius 1 is 0.500 bits per heavy atom. The standard InChI is InChI=1S/C24H15NS/c1-3-7-21-17(5-1)20-13-15(10-12-22(20)25-21)16-9-11-19-18-6-2-4-8-23(18)26-24(19)14-16/h1-14,25H. The molecule has 4 aromatic carbocycles. The number of fused-ring (bicyclic) bond motifs is 6. The third-order valence-corrected chi connectivity index (χ3v) is 6.35. The summed E-state index contributed by atoms with van der Waals surface area (Å²) in [5, 5.41) is 5.27. The Hall–Kier alpha value is -3.10. The summed E-state index contributed by atoms with van der Waals surface area (Å²) in [7, 11) is 0. The normalized spacial score (nSPS) is 11.8. The van der Waals surface area contributed by atoms with Crippen molar-refractivity contribution in [2.45, 2.75) is 0 Å². The number of rotatable bonds is 1. The largest absolute Gasteiger partial charge is 0.355 e. The van der Waals surface area contributed by atoms with Crippen LogP contribution < -0.4 is 0 Å². The van der Waals surface area contributed by atoms with E-state index in [-0.39, 0.29) is 0 Å². The summed E-state index contributed by atoms with van der Waals surface area (Å²) in [6.45, 7) is 0. The summed E-state index contributed by atoms with van der Waals surface area (Å²) in [5.74, 6) is 0. The van der Waals surface area contributed by atoms with Crippen molar-refractivity contribution >= 4 is 53.3 Å². The van der Waals surface area contributed by atoms with Crippen LogP contribution in [0, 0.1) is 0 Å². The summed E-state index contributed by atoms with van der Waals surface area (Å²) in [4.78, 5) is 3.51. The average Bonchev–Trinajstić information content (AvgIpc) is 3.25. The molecule has 0 saturated heterocycles. The van der Waals surface area contributed by atoms with Gasteiger partial charge in [-0.15, -0.1) is 11.3 Å². The van der Waals surface area contributed by atoms with E-state index in [2.05, 4.69) is 89.9 Å². The van der Waals surface area contributed by atoms with Crippen molar-refractivity contribution in [2.24, 2.45) is 0 Å². The number of nitrogens with one attached hydrogen (secondary N) is 1. The molecular formula is C24H15NS. The first-order valence-corrected chi connectivity index (χ1v) is 9.61. The van der Waals surface area contributed by atoms with Gasteiger partial charge < -0.3 is 4.98 Å². The average molecular weight is 349 g/mol. The van der Waals surface area contributed by atoms with Crippen molar-refractivity contribution in [3.8, 4) is 11.1 Å². The molecule has 0 amide bonds. The van der Waals surface area contributed by atoms with Crippen LogP contribution in [-0.2, 0) is 0 Å². The summed E-state index contributed by atoms with van der Waals surface area (Å²) < 4.78 is 2.70. The molecule has 0 aliphatic carbocycles. The van der Waals surface area contributed by atoms with Gasteiger partial charge in [-0.1, -0.05) is 54.6 Å². The van der Waals surface area contributed by atoms with Crippen LogP contribution in [-0.4, -0.2) is 4.98 Å². The Kier molecular flexibility index (Phi) is 2.82. The Morgan fingerprint density at radius 2 is 1.19 bits per heavy atom. The highest BCUT2D eigenvalue weighted by atomic mass is 32.1. The molecule has 0 radical (unpaired) electrons. The van der Waals surface area contributed by atoms with E-state index in [1.54, 1.807) is 0 Å². The topological polar surface area (TPSA) is 15.8 Å². The van der Waals surface area contributed by atoms with Crippen LogP contribution >= 0.6 is 11.3 Å². The molecule has 6 aromatic rings. The molecule has 0 bridgehead atoms. The van der Waals surface area contributed by atoms with E-state index in [9.17, 15) is 0 Å². The number of hydrogen-bond acceptors (Lipinski definition) is 1. The quantitative estimate of drug-likeness (QED) is 0.319. The number of thiophene rings is 1. The fourth-order valence-corrected chi connectivity index (χ4v) is 5.08. The van der Waals surface area contributed by atoms with E-state index < -0.39 is 0 Å². The van der Waals surface area contributed by atoms with Gasteiger partial charge >= 0.3 is 0 Å². The van der Waals surface area contributed by atoms with Crippen LogP contribution in [0.2, 0.25) is 0 Å². The third-order valence-electron chi connectivity index (χ3n) is 5.22. The molecule has 6 rings (SSSR count). The van der Waals surface area contributed by atoms with E-state index in [1.807, 2.05) is 11.3 Å². The van der Waals surface area contributed by atoms with Crippen molar-refractivity contribution in [3.63, 3.8) is 0 Å². The van der Waals surface area contributed by atoms with Crippen LogP contribution in [0.5, 0.6) is 0 Å². The molecule has 2 aromatic heterocycles. The van der Waals surface area contributed by atoms with Gasteiger partial charge in [-0.3, -0.25) is 0 Å². The van der Waals surface area contributed by atoms with Crippen molar-refractivity contribution in [2.75, 3.05) is 0 Å². The van der Waals surface area contributed by atoms with Gasteiger partial charge in [0.25, 0.3) is 0 Å². The van der Waals surface area contributed by atoms with Gasteiger partial charge in [0, 0.05) is 42.0 Å². The van der Waals surface area contributed by atoms with Crippen molar-refractivity contribution < 1.29 is 0 Å². The first kappa shape index (κ1) is 14.1. The van der Waals surface area contributed by atoms with Crippen LogP contribution in [0.4, 0.5) is 0 Å². The maximum Gasteiger partial charge on any atom is 0.0465 e. The number of hydrogen-bond donors (Lipinski definition) is 1. The van der Waals surface area contributed by atoms with Gasteiger partial charge in [0.2, 0.25) is 0 Å². The smallest absolute Gasteiger partial charge is 0.0465 e. The van der Waals surface area contributed by atoms with Gasteiger partial charge in [-0.2, -0.15) is 0 Å². The lowest BCUT2D eigenvalue weighted by molar-refractivity contribution is 1.54. The molecule has 1 nitrogen and oxygen atoms in total. The molecule has 1 N–H and O–H groups in total. The highest BCUT2D eigenvalue weighted by molar-refractivity contribution is 7.25. The summed E-state index contributed by atoms with van der Waals surface area (Å²) in [6, 6.07) is 30.7. The highest BCUT2D eigenvalue weighted by Gasteiger charge is 2.08. The maximum atomic E-state index is 3.51. The minimum absolute atomic E-state index is 1.19. The number of benzene rings is 4. The monoisotopic (exact) mass is 349 g/mol. The molecule has 0 aliphatic rings. The lowest BCUT2D eigenvalue weighted by Gasteiger charge is -2.03. The fourth-order valence-electron chi connectivity index (χ4n) is 3.93. The summed E-state index contributed by atoms with van der Waals surface area (Å²) >= 11 is 1.87. The minimum Gasteiger partial charge on any atom is -0.355 e. The number of aromatic amines is 1. The molecule has 2 heteroatoms. The van der Waals surface area contributed by atoms with Crippen LogP contribution in [0.3, 0.4) is 0 Å². The van der Waals surface area contributed by atoms with Crippen molar-refractivity contribution in [1.82, 2.24) is 4.98 Å². The number of H-pyrrole nitrogens is 1. The Balaban J connectivity index is 1.59. The van der Waals surface area contributed by atoms with Crippen molar-refractivity contribution in [3.05, 3.63) is 84.9 Å². The molecule has 0 unspecified atom stereocenters. The maximum absolute atomic E-state index is 3.51. The lowest BCUT2D eigenvalue weighted by Crippen LogP contribution is -1.78. The zero-order valence-corrected chi connectivity index (χ0v) is 14.8. The van der Waals surface area contributed by atoms with Gasteiger partial charge in [-0.05, 0) is 41.5 Å². The van der Waals surface area contributed by atoms with E-state index in [0.29, 0.717) is 0 Å². The predicted octanol–water partition coefficient (Wildman–Crippen LogP) is 7.36. The van der Waals surface area contributed by atoms with E-state index in [0.717, 1.165) is 0 Å². The predicted molar refractivity (Wildman–Crippen MR) is 114 cm³/mol. The van der Waals surface area contributed by atoms with Gasteiger partial charge in [0.1, 0.15) is 0 Å². The number of aromatic nitrogens is 1. The molecule has 0 spiro atoms. The Bertz CT molecular complexity index is 1430. The van der Waals surface area contributed by atoms with Crippen LogP contribution in [0.15, 0.2) is 84.9 Å². The molecule has 2 heterocycles. The lowest BCUT2D eigenvalue weighted by atomic mass is 10.0. The fraction of sp³-hybridized carbons (Fsp3) is 0. The second-order valence-electron chi connectivity index (χ2n) is 6.74. The summed E-state index contributed by atoms with van der Waals surface area (Å²) in [5.41, 5.74) is 4.93. The van der Waals surface area contributed by atoms with Gasteiger partial charge in [-0.25, -0.2) is 0 Å². The van der Waals surface area contributed by atoms with Crippen LogP contribution in [0.1, 0.15) is 0 Å². The van der Waals surface area contributed by atoms with Crippen molar-refractivity contribution in [1.29, 1.82) is 0 Å². The molecule has 0 saturated carbocycles. The third kappa shape index (κ3) is 1.97. The zero-order valence-electron chi connectivity index (χ0n) is 14.0. The molecule has 26 heavy (non-hydrogen) atoms. The van der Waals surface area contributed by atoms with Gasteiger partial charge in [0.05, 0.1) is 0 Å². The van der Waals surface area contributed by atoms with Gasteiger partial charge in [0.15, 0.2) is 0 Å². The minimum atomic E-state index is 1.19. The van der Waals surface area contributed by atoms with E-state index in [1.165, 1.54) is 53.1 Å². The molecular weight excluding hydrogens is 334 g/mol. The van der Waals surface area contributed by atoms with E-state index in [4.69, 9.17) is 0 Å². The molecule has 122 valence electrons. The van der Waals surface area contributed by atoms with E-state index >= 15 is 0 Å². The molecule has 0 aliphatic heterocycles. The Morgan fingerprint density at radius 3 is 2.15 bits per heavy atom. The first-order chi connectivity index (χ1) is 12.9. The molecule has 0 fully saturated rings. The first-order valence-electron chi connectivity index (χ1n) is 8.79. The Labute approximate surface area is 154 Å². The molecule has 0 atom stereocenters. The second-order valence-corrected chi connectivity index (χ2v) is 7.82. The number of para-hydroxylation sites is 1. The zero-order chi connectivity index (χ0) is 17.1. The second kappa shape index (κ2) is 5.20. The summed E-state index contributed by atoms with van der Waals surface area (Å²) in [6.07, 6.45) is 0. The highest BCUT2D eigenvalue weighted by Crippen LogP contribution is 2.37. The van der Waals surface area contributed by atoms with Crippen LogP contribution in [0.25, 0.3) is 53.1 Å². The SMILES string of the molecule is c1ccc2c(c1)[nH]c1ccc(-c3ccc4c(c3)sc3ccccc34)cc12.